The molecule has 0 aliphatic carbocycles. The van der Waals surface area contributed by atoms with Crippen LogP contribution >= 0.6 is 0 Å². The lowest BCUT2D eigenvalue weighted by Gasteiger charge is -1.91. The molecule has 60 valence electrons. The number of aromatic nitrogens is 1. The van der Waals surface area contributed by atoms with E-state index in [2.05, 4.69) is 16.8 Å². The fraction of sp³-hybridized carbons (Fsp3) is 0.500. The van der Waals surface area contributed by atoms with Crippen molar-refractivity contribution in [2.75, 3.05) is 13.2 Å². The van der Waals surface area contributed by atoms with Crippen LogP contribution in [0.4, 0.5) is 0 Å². The monoisotopic (exact) mass is 152 g/mol. The maximum Gasteiger partial charge on any atom is 0.193 e. The Hall–Kier alpha value is -0.960. The van der Waals surface area contributed by atoms with Crippen LogP contribution in [0.3, 0.4) is 0 Å². The highest BCUT2D eigenvalue weighted by Gasteiger charge is 2.11. The second-order valence-electron chi connectivity index (χ2n) is 2.77. The molecule has 3 nitrogen and oxygen atoms in total. The molecule has 0 amide bonds. The van der Waals surface area contributed by atoms with Crippen molar-refractivity contribution in [3.8, 4) is 5.88 Å². The smallest absolute Gasteiger partial charge is 0.193 e. The van der Waals surface area contributed by atoms with Crippen molar-refractivity contribution in [2.45, 2.75) is 13.0 Å². The summed E-state index contributed by atoms with van der Waals surface area (Å²) in [5.41, 5.74) is 6.71. The summed E-state index contributed by atoms with van der Waals surface area (Å²) in [5.74, 6) is 0.994. The van der Waals surface area contributed by atoms with E-state index in [4.69, 9.17) is 10.5 Å². The molecule has 11 heavy (non-hydrogen) atoms. The van der Waals surface area contributed by atoms with Gasteiger partial charge in [-0.3, -0.25) is 0 Å². The summed E-state index contributed by atoms with van der Waals surface area (Å²) < 4.78 is 7.48. The Morgan fingerprint density at radius 3 is 3.27 bits per heavy atom. The van der Waals surface area contributed by atoms with Gasteiger partial charge in [0.15, 0.2) is 5.88 Å². The van der Waals surface area contributed by atoms with Gasteiger partial charge in [0.1, 0.15) is 6.61 Å². The second-order valence-corrected chi connectivity index (χ2v) is 2.77. The summed E-state index contributed by atoms with van der Waals surface area (Å²) >= 11 is 0. The predicted molar refractivity (Wildman–Crippen MR) is 42.7 cm³/mol. The van der Waals surface area contributed by atoms with E-state index in [1.165, 1.54) is 5.56 Å². The molecule has 2 heterocycles. The summed E-state index contributed by atoms with van der Waals surface area (Å²) in [4.78, 5) is 0. The van der Waals surface area contributed by atoms with E-state index >= 15 is 0 Å². The van der Waals surface area contributed by atoms with Crippen molar-refractivity contribution in [3.63, 3.8) is 0 Å². The van der Waals surface area contributed by atoms with Gasteiger partial charge >= 0.3 is 0 Å². The first kappa shape index (κ1) is 6.73. The fourth-order valence-electron chi connectivity index (χ4n) is 1.39. The van der Waals surface area contributed by atoms with Gasteiger partial charge in [0.05, 0.1) is 6.54 Å². The number of rotatable bonds is 2. The number of hydrogen-bond donors (Lipinski definition) is 1. The van der Waals surface area contributed by atoms with Crippen molar-refractivity contribution in [3.05, 3.63) is 17.8 Å². The number of nitrogens with zero attached hydrogens (tertiary/aromatic N) is 1. The minimum Gasteiger partial charge on any atom is -0.477 e. The molecule has 0 unspecified atom stereocenters. The summed E-state index contributed by atoms with van der Waals surface area (Å²) in [6, 6.07) is 2.07. The van der Waals surface area contributed by atoms with Crippen LogP contribution in [-0.4, -0.2) is 17.7 Å². The van der Waals surface area contributed by atoms with Gasteiger partial charge in [-0.05, 0) is 18.5 Å². The van der Waals surface area contributed by atoms with E-state index in [0.717, 1.165) is 25.5 Å². The maximum absolute atomic E-state index is 5.43. The van der Waals surface area contributed by atoms with Crippen LogP contribution in [0.2, 0.25) is 0 Å². The molecule has 2 rings (SSSR count). The van der Waals surface area contributed by atoms with Gasteiger partial charge in [-0.25, -0.2) is 0 Å². The summed E-state index contributed by atoms with van der Waals surface area (Å²) in [5, 5.41) is 0. The largest absolute Gasteiger partial charge is 0.477 e. The molecule has 0 atom stereocenters. The van der Waals surface area contributed by atoms with E-state index in [-0.39, 0.29) is 0 Å². The molecule has 3 heteroatoms. The van der Waals surface area contributed by atoms with Crippen LogP contribution in [0.1, 0.15) is 5.56 Å². The molecule has 1 aliphatic rings. The molecule has 0 saturated carbocycles. The Labute approximate surface area is 65.8 Å². The topological polar surface area (TPSA) is 40.2 Å². The third-order valence-corrected chi connectivity index (χ3v) is 1.93. The first-order valence-corrected chi connectivity index (χ1v) is 3.92. The van der Waals surface area contributed by atoms with Gasteiger partial charge in [0.2, 0.25) is 0 Å². The minimum atomic E-state index is 0.712. The summed E-state index contributed by atoms with van der Waals surface area (Å²) in [7, 11) is 0. The molecule has 0 spiro atoms. The van der Waals surface area contributed by atoms with Crippen LogP contribution in [0.5, 0.6) is 5.88 Å². The Morgan fingerprint density at radius 1 is 1.64 bits per heavy atom. The lowest BCUT2D eigenvalue weighted by molar-refractivity contribution is 0.356. The van der Waals surface area contributed by atoms with Crippen molar-refractivity contribution in [1.82, 2.24) is 4.57 Å². The Bertz CT molecular complexity index is 233. The third-order valence-electron chi connectivity index (χ3n) is 1.93. The zero-order valence-corrected chi connectivity index (χ0v) is 6.42. The molecule has 0 fully saturated rings. The van der Waals surface area contributed by atoms with Crippen LogP contribution in [0, 0.1) is 0 Å². The van der Waals surface area contributed by atoms with Gasteiger partial charge in [-0.15, -0.1) is 0 Å². The zero-order chi connectivity index (χ0) is 7.68. The summed E-state index contributed by atoms with van der Waals surface area (Å²) in [6.45, 7) is 2.52. The highest BCUT2D eigenvalue weighted by atomic mass is 16.5. The van der Waals surface area contributed by atoms with Crippen LogP contribution in [-0.2, 0) is 13.0 Å². The second kappa shape index (κ2) is 2.58. The molecule has 1 aromatic rings. The SMILES string of the molecule is NCCc1cc2n(c1)CCO2. The molecule has 0 bridgehead atoms. The van der Waals surface area contributed by atoms with Gasteiger partial charge < -0.3 is 15.0 Å². The standard InChI is InChI=1S/C8H12N2O/c9-2-1-7-5-8-10(6-7)3-4-11-8/h5-6H,1-4,9H2. The fourth-order valence-corrected chi connectivity index (χ4v) is 1.39. The van der Waals surface area contributed by atoms with E-state index in [1.54, 1.807) is 0 Å². The first-order valence-electron chi connectivity index (χ1n) is 3.92. The van der Waals surface area contributed by atoms with Crippen LogP contribution in [0.25, 0.3) is 0 Å². The highest BCUT2D eigenvalue weighted by molar-refractivity contribution is 5.25. The Balaban J connectivity index is 2.20. The van der Waals surface area contributed by atoms with E-state index < -0.39 is 0 Å². The lowest BCUT2D eigenvalue weighted by atomic mass is 10.2. The van der Waals surface area contributed by atoms with Crippen LogP contribution in [0.15, 0.2) is 12.3 Å². The van der Waals surface area contributed by atoms with Gasteiger partial charge in [-0.2, -0.15) is 0 Å². The molecule has 0 aromatic carbocycles. The molecule has 1 aliphatic heterocycles. The molecule has 1 aromatic heterocycles. The highest BCUT2D eigenvalue weighted by Crippen LogP contribution is 2.21. The lowest BCUT2D eigenvalue weighted by Crippen LogP contribution is -2.02. The molecule has 2 N–H and O–H groups in total. The number of nitrogens with two attached hydrogens (primary N) is 1. The third kappa shape index (κ3) is 1.12. The molecular weight excluding hydrogens is 140 g/mol. The van der Waals surface area contributed by atoms with Crippen molar-refractivity contribution in [1.29, 1.82) is 0 Å². The number of hydrogen-bond acceptors (Lipinski definition) is 2. The number of ether oxygens (including phenoxy) is 1. The van der Waals surface area contributed by atoms with Gasteiger partial charge in [0, 0.05) is 12.3 Å². The first-order chi connectivity index (χ1) is 5.40. The summed E-state index contributed by atoms with van der Waals surface area (Å²) in [6.07, 6.45) is 3.07. The zero-order valence-electron chi connectivity index (χ0n) is 6.42. The van der Waals surface area contributed by atoms with Gasteiger partial charge in [-0.1, -0.05) is 0 Å². The van der Waals surface area contributed by atoms with E-state index in [9.17, 15) is 0 Å². The quantitative estimate of drug-likeness (QED) is 0.665. The van der Waals surface area contributed by atoms with Crippen molar-refractivity contribution >= 4 is 0 Å². The minimum absolute atomic E-state index is 0.712. The number of fused-ring (bicyclic) bond motifs is 1. The normalized spacial score (nSPS) is 14.6. The Morgan fingerprint density at radius 2 is 2.55 bits per heavy atom. The van der Waals surface area contributed by atoms with Crippen LogP contribution < -0.4 is 10.5 Å². The Kier molecular flexibility index (Phi) is 1.58. The van der Waals surface area contributed by atoms with E-state index in [1.807, 2.05) is 0 Å². The average Bonchev–Trinajstić information content (AvgIpc) is 2.46. The molecule has 0 radical (unpaired) electrons. The molecule has 0 saturated heterocycles. The maximum atomic E-state index is 5.43. The van der Waals surface area contributed by atoms with Crippen molar-refractivity contribution < 1.29 is 4.74 Å². The van der Waals surface area contributed by atoms with Gasteiger partial charge in [0.25, 0.3) is 0 Å². The predicted octanol–water partition coefficient (Wildman–Crippen LogP) is 0.382. The van der Waals surface area contributed by atoms with E-state index in [0.29, 0.717) is 6.54 Å². The molecular formula is C8H12N2O. The average molecular weight is 152 g/mol. The van der Waals surface area contributed by atoms with Crippen molar-refractivity contribution in [2.24, 2.45) is 5.73 Å².